The van der Waals surface area contributed by atoms with Crippen molar-refractivity contribution in [3.63, 3.8) is 0 Å². The minimum absolute atomic E-state index is 0.0564. The van der Waals surface area contributed by atoms with Crippen LogP contribution in [-0.2, 0) is 4.79 Å². The number of rotatable bonds is 6. The maximum Gasteiger partial charge on any atom is 0.238 e. The standard InChI is InChI=1S/C19H25N5OS2/c1-7-10(2)24-15(8-9-20-24)23-17(25)13(5)27-19-16-11(3)12(4)26-18(16)21-14(6)22-19/h8-10,13H,7H2,1-6H3,(H,23,25)/t10-,13-/m0/s1. The molecule has 6 nitrogen and oxygen atoms in total. The minimum atomic E-state index is -0.289. The predicted octanol–water partition coefficient (Wildman–Crippen LogP) is 4.90. The van der Waals surface area contributed by atoms with Gasteiger partial charge < -0.3 is 5.32 Å². The van der Waals surface area contributed by atoms with Gasteiger partial charge in [-0.2, -0.15) is 5.10 Å². The number of hydrogen-bond donors (Lipinski definition) is 1. The number of nitrogens with zero attached hydrogens (tertiary/aromatic N) is 4. The van der Waals surface area contributed by atoms with Crippen molar-refractivity contribution in [2.75, 3.05) is 5.32 Å². The van der Waals surface area contributed by atoms with Crippen molar-refractivity contribution >= 4 is 45.0 Å². The van der Waals surface area contributed by atoms with Crippen molar-refractivity contribution in [1.82, 2.24) is 19.7 Å². The third-order valence-electron chi connectivity index (χ3n) is 4.69. The van der Waals surface area contributed by atoms with Crippen LogP contribution in [0.5, 0.6) is 0 Å². The second-order valence-electron chi connectivity index (χ2n) is 6.71. The van der Waals surface area contributed by atoms with E-state index in [0.717, 1.165) is 33.3 Å². The molecule has 3 aromatic rings. The number of aromatic nitrogens is 4. The highest BCUT2D eigenvalue weighted by Crippen LogP contribution is 2.36. The number of anilines is 1. The zero-order valence-electron chi connectivity index (χ0n) is 16.5. The maximum atomic E-state index is 12.8. The third-order valence-corrected chi connectivity index (χ3v) is 6.88. The molecular weight excluding hydrogens is 378 g/mol. The van der Waals surface area contributed by atoms with E-state index >= 15 is 0 Å². The Labute approximate surface area is 167 Å². The summed E-state index contributed by atoms with van der Waals surface area (Å²) in [4.78, 5) is 24.2. The topological polar surface area (TPSA) is 72.7 Å². The highest BCUT2D eigenvalue weighted by Gasteiger charge is 2.21. The average Bonchev–Trinajstić information content (AvgIpc) is 3.18. The van der Waals surface area contributed by atoms with Crippen LogP contribution in [0.1, 0.15) is 49.5 Å². The zero-order valence-corrected chi connectivity index (χ0v) is 18.2. The van der Waals surface area contributed by atoms with Gasteiger partial charge in [-0.1, -0.05) is 18.7 Å². The molecule has 27 heavy (non-hydrogen) atoms. The molecule has 0 aliphatic rings. The first-order chi connectivity index (χ1) is 12.8. The molecule has 0 aliphatic heterocycles. The van der Waals surface area contributed by atoms with Gasteiger partial charge >= 0.3 is 0 Å². The third kappa shape index (κ3) is 4.01. The molecule has 1 amide bonds. The summed E-state index contributed by atoms with van der Waals surface area (Å²) in [5, 5.41) is 8.98. The number of carbonyl (C=O) groups excluding carboxylic acids is 1. The number of amides is 1. The Morgan fingerprint density at radius 2 is 2.04 bits per heavy atom. The van der Waals surface area contributed by atoms with E-state index in [1.54, 1.807) is 17.5 Å². The molecular formula is C19H25N5OS2. The zero-order chi connectivity index (χ0) is 19.7. The fourth-order valence-corrected chi connectivity index (χ4v) is 4.98. The predicted molar refractivity (Wildman–Crippen MR) is 113 cm³/mol. The van der Waals surface area contributed by atoms with Gasteiger partial charge in [0.05, 0.1) is 17.5 Å². The van der Waals surface area contributed by atoms with E-state index in [1.807, 2.05) is 24.6 Å². The minimum Gasteiger partial charge on any atom is -0.310 e. The molecule has 8 heteroatoms. The van der Waals surface area contributed by atoms with Crippen LogP contribution in [0.15, 0.2) is 17.3 Å². The van der Waals surface area contributed by atoms with Gasteiger partial charge in [-0.25, -0.2) is 14.6 Å². The molecule has 0 radical (unpaired) electrons. The van der Waals surface area contributed by atoms with Gasteiger partial charge in [0.2, 0.25) is 5.91 Å². The molecule has 0 spiro atoms. The van der Waals surface area contributed by atoms with E-state index < -0.39 is 0 Å². The van der Waals surface area contributed by atoms with Crippen LogP contribution in [0.4, 0.5) is 5.82 Å². The Balaban J connectivity index is 1.82. The molecule has 144 valence electrons. The van der Waals surface area contributed by atoms with Crippen LogP contribution in [-0.4, -0.2) is 30.9 Å². The maximum absolute atomic E-state index is 12.8. The summed E-state index contributed by atoms with van der Waals surface area (Å²) >= 11 is 3.16. The summed E-state index contributed by atoms with van der Waals surface area (Å²) in [5.41, 5.74) is 1.19. The molecule has 0 aromatic carbocycles. The molecule has 0 aliphatic carbocycles. The van der Waals surface area contributed by atoms with Crippen LogP contribution < -0.4 is 5.32 Å². The second kappa shape index (κ2) is 7.98. The first-order valence-electron chi connectivity index (χ1n) is 9.07. The van der Waals surface area contributed by atoms with Gasteiger partial charge in [-0.3, -0.25) is 4.79 Å². The Morgan fingerprint density at radius 3 is 2.74 bits per heavy atom. The summed E-state index contributed by atoms with van der Waals surface area (Å²) in [6.07, 6.45) is 2.66. The molecule has 3 rings (SSSR count). The fraction of sp³-hybridized carbons (Fsp3) is 0.474. The van der Waals surface area contributed by atoms with Crippen molar-refractivity contribution in [2.45, 2.75) is 64.3 Å². The summed E-state index contributed by atoms with van der Waals surface area (Å²) in [7, 11) is 0. The van der Waals surface area contributed by atoms with Crippen molar-refractivity contribution < 1.29 is 4.79 Å². The smallest absolute Gasteiger partial charge is 0.238 e. The van der Waals surface area contributed by atoms with Gasteiger partial charge in [0.25, 0.3) is 0 Å². The number of aryl methyl sites for hydroxylation is 3. The lowest BCUT2D eigenvalue weighted by Gasteiger charge is -2.16. The molecule has 0 saturated heterocycles. The number of thioether (sulfide) groups is 1. The van der Waals surface area contributed by atoms with Crippen molar-refractivity contribution in [3.05, 3.63) is 28.5 Å². The Kier molecular flexibility index (Phi) is 5.86. The van der Waals surface area contributed by atoms with E-state index in [0.29, 0.717) is 0 Å². The van der Waals surface area contributed by atoms with Crippen LogP contribution in [0, 0.1) is 20.8 Å². The Bertz CT molecular complexity index is 978. The molecule has 1 N–H and O–H groups in total. The van der Waals surface area contributed by atoms with E-state index in [9.17, 15) is 4.79 Å². The molecule has 2 atom stereocenters. The summed E-state index contributed by atoms with van der Waals surface area (Å²) in [6.45, 7) is 12.2. The Hall–Kier alpha value is -1.93. The highest BCUT2D eigenvalue weighted by atomic mass is 32.2. The lowest BCUT2D eigenvalue weighted by Crippen LogP contribution is -2.25. The molecule has 3 heterocycles. The van der Waals surface area contributed by atoms with Gasteiger partial charge in [0.1, 0.15) is 21.5 Å². The number of hydrogen-bond acceptors (Lipinski definition) is 6. The number of carbonyl (C=O) groups is 1. The lowest BCUT2D eigenvalue weighted by molar-refractivity contribution is -0.115. The van der Waals surface area contributed by atoms with Crippen LogP contribution in [0.25, 0.3) is 10.2 Å². The van der Waals surface area contributed by atoms with E-state index in [4.69, 9.17) is 0 Å². The molecule has 0 unspecified atom stereocenters. The van der Waals surface area contributed by atoms with E-state index in [1.165, 1.54) is 22.2 Å². The van der Waals surface area contributed by atoms with E-state index in [2.05, 4.69) is 48.1 Å². The van der Waals surface area contributed by atoms with Gasteiger partial charge in [0, 0.05) is 16.3 Å². The number of thiophene rings is 1. The molecule has 3 aromatic heterocycles. The van der Waals surface area contributed by atoms with Crippen molar-refractivity contribution in [3.8, 4) is 0 Å². The van der Waals surface area contributed by atoms with Gasteiger partial charge in [-0.15, -0.1) is 11.3 Å². The highest BCUT2D eigenvalue weighted by molar-refractivity contribution is 8.00. The molecule has 0 bridgehead atoms. The summed E-state index contributed by atoms with van der Waals surface area (Å²) in [5.74, 6) is 1.40. The molecule has 0 saturated carbocycles. The Morgan fingerprint density at radius 1 is 1.30 bits per heavy atom. The van der Waals surface area contributed by atoms with E-state index in [-0.39, 0.29) is 17.2 Å². The quantitative estimate of drug-likeness (QED) is 0.468. The van der Waals surface area contributed by atoms with Crippen molar-refractivity contribution in [2.24, 2.45) is 0 Å². The van der Waals surface area contributed by atoms with Gasteiger partial charge in [0.15, 0.2) is 0 Å². The largest absolute Gasteiger partial charge is 0.310 e. The molecule has 0 fully saturated rings. The number of nitrogens with one attached hydrogen (secondary N) is 1. The average molecular weight is 404 g/mol. The first-order valence-corrected chi connectivity index (χ1v) is 10.8. The summed E-state index contributed by atoms with van der Waals surface area (Å²) in [6, 6.07) is 2.07. The second-order valence-corrected chi connectivity index (χ2v) is 9.24. The van der Waals surface area contributed by atoms with Crippen LogP contribution in [0.2, 0.25) is 0 Å². The van der Waals surface area contributed by atoms with Crippen LogP contribution in [0.3, 0.4) is 0 Å². The first kappa shape index (κ1) is 19.8. The lowest BCUT2D eigenvalue weighted by atomic mass is 10.2. The normalized spacial score (nSPS) is 13.7. The number of fused-ring (bicyclic) bond motifs is 1. The van der Waals surface area contributed by atoms with Crippen molar-refractivity contribution in [1.29, 1.82) is 0 Å². The fourth-order valence-electron chi connectivity index (χ4n) is 2.79. The SMILES string of the molecule is CC[C@H](C)n1nccc1NC(=O)[C@H](C)Sc1nc(C)nc2sc(C)c(C)c12. The van der Waals surface area contributed by atoms with Crippen LogP contribution >= 0.6 is 23.1 Å². The van der Waals surface area contributed by atoms with Gasteiger partial charge in [-0.05, 0) is 46.6 Å². The summed E-state index contributed by atoms with van der Waals surface area (Å²) < 4.78 is 1.86. The monoisotopic (exact) mass is 403 g/mol.